The molecule has 1 atom stereocenters. The van der Waals surface area contributed by atoms with Gasteiger partial charge in [0.15, 0.2) is 0 Å². The number of rotatable bonds is 2. The molecule has 0 aromatic rings. The fourth-order valence-corrected chi connectivity index (χ4v) is 1.62. The maximum atomic E-state index is 11.3. The molecular weight excluding hydrogens is 194 g/mol. The monoisotopic (exact) mass is 213 g/mol. The molecule has 1 rings (SSSR count). The number of alkyl carbamates (subject to hydrolysis) is 1. The van der Waals surface area contributed by atoms with E-state index in [0.717, 1.165) is 12.8 Å². The van der Waals surface area contributed by atoms with Gasteiger partial charge in [-0.15, -0.1) is 0 Å². The fourth-order valence-electron chi connectivity index (χ4n) is 1.62. The molecule has 4 nitrogen and oxygen atoms in total. The van der Waals surface area contributed by atoms with Crippen LogP contribution in [0.1, 0.15) is 40.0 Å². The van der Waals surface area contributed by atoms with E-state index in [4.69, 9.17) is 4.74 Å². The first-order chi connectivity index (χ1) is 6.88. The number of ether oxygens (including phenoxy) is 1. The number of carbonyl (C=O) groups is 2. The van der Waals surface area contributed by atoms with E-state index in [-0.39, 0.29) is 11.7 Å². The Morgan fingerprint density at radius 1 is 1.53 bits per heavy atom. The number of ketones is 1. The minimum absolute atomic E-state index is 0.00230. The van der Waals surface area contributed by atoms with Crippen LogP contribution in [0, 0.1) is 5.92 Å². The minimum Gasteiger partial charge on any atom is -0.444 e. The summed E-state index contributed by atoms with van der Waals surface area (Å²) in [7, 11) is 0. The van der Waals surface area contributed by atoms with E-state index in [0.29, 0.717) is 13.0 Å². The fraction of sp³-hybridized carbons (Fsp3) is 0.818. The molecule has 0 saturated heterocycles. The second-order valence-electron chi connectivity index (χ2n) is 4.94. The maximum absolute atomic E-state index is 11.3. The number of hydrogen-bond acceptors (Lipinski definition) is 3. The molecule has 1 fully saturated rings. The second kappa shape index (κ2) is 4.64. The minimum atomic E-state index is -0.482. The van der Waals surface area contributed by atoms with Crippen LogP contribution in [0.25, 0.3) is 0 Å². The van der Waals surface area contributed by atoms with Gasteiger partial charge in [0, 0.05) is 18.9 Å². The molecule has 1 amide bonds. The number of amides is 1. The standard InChI is InChI=1S/C11H19NO3/c1-11(2,3)15-10(14)12-7-8-5-4-6-9(8)13/h8H,4-7H2,1-3H3,(H,12,14)/t8-/m1/s1. The average molecular weight is 213 g/mol. The van der Waals surface area contributed by atoms with Gasteiger partial charge in [0.25, 0.3) is 0 Å². The van der Waals surface area contributed by atoms with Crippen LogP contribution in [0.3, 0.4) is 0 Å². The molecule has 1 aliphatic rings. The van der Waals surface area contributed by atoms with Crippen molar-refractivity contribution >= 4 is 11.9 Å². The highest BCUT2D eigenvalue weighted by Gasteiger charge is 2.25. The van der Waals surface area contributed by atoms with Crippen molar-refractivity contribution in [1.82, 2.24) is 5.32 Å². The van der Waals surface area contributed by atoms with E-state index >= 15 is 0 Å². The Hall–Kier alpha value is -1.06. The predicted octanol–water partition coefficient (Wildman–Crippen LogP) is 1.88. The van der Waals surface area contributed by atoms with E-state index in [1.54, 1.807) is 0 Å². The second-order valence-corrected chi connectivity index (χ2v) is 4.94. The molecule has 1 saturated carbocycles. The lowest BCUT2D eigenvalue weighted by molar-refractivity contribution is -0.120. The molecule has 1 aliphatic carbocycles. The summed E-state index contributed by atoms with van der Waals surface area (Å²) in [4.78, 5) is 22.6. The largest absolute Gasteiger partial charge is 0.444 e. The van der Waals surface area contributed by atoms with Crippen molar-refractivity contribution in [3.05, 3.63) is 0 Å². The number of carbonyl (C=O) groups excluding carboxylic acids is 2. The molecule has 15 heavy (non-hydrogen) atoms. The van der Waals surface area contributed by atoms with Crippen LogP contribution in [0.15, 0.2) is 0 Å². The Kier molecular flexibility index (Phi) is 3.72. The number of nitrogens with one attached hydrogen (secondary N) is 1. The molecule has 4 heteroatoms. The summed E-state index contributed by atoms with van der Waals surface area (Å²) in [5.41, 5.74) is -0.482. The summed E-state index contributed by atoms with van der Waals surface area (Å²) in [5.74, 6) is 0.253. The van der Waals surface area contributed by atoms with Crippen LogP contribution >= 0.6 is 0 Å². The summed E-state index contributed by atoms with van der Waals surface area (Å²) in [6.45, 7) is 5.85. The Balaban J connectivity index is 2.25. The van der Waals surface area contributed by atoms with E-state index in [2.05, 4.69) is 5.32 Å². The van der Waals surface area contributed by atoms with Crippen LogP contribution in [0.2, 0.25) is 0 Å². The molecule has 0 radical (unpaired) electrons. The van der Waals surface area contributed by atoms with Crippen molar-refractivity contribution in [3.8, 4) is 0 Å². The van der Waals surface area contributed by atoms with Gasteiger partial charge in [-0.05, 0) is 33.6 Å². The van der Waals surface area contributed by atoms with Crippen LogP contribution in [-0.2, 0) is 9.53 Å². The molecule has 0 aromatic heterocycles. The van der Waals surface area contributed by atoms with Crippen molar-refractivity contribution in [3.63, 3.8) is 0 Å². The maximum Gasteiger partial charge on any atom is 0.407 e. The lowest BCUT2D eigenvalue weighted by Crippen LogP contribution is -2.36. The van der Waals surface area contributed by atoms with E-state index < -0.39 is 11.7 Å². The third kappa shape index (κ3) is 4.32. The van der Waals surface area contributed by atoms with Gasteiger partial charge in [0.2, 0.25) is 0 Å². The third-order valence-corrected chi connectivity index (χ3v) is 2.32. The first kappa shape index (κ1) is 12.0. The molecule has 86 valence electrons. The lowest BCUT2D eigenvalue weighted by atomic mass is 10.1. The van der Waals surface area contributed by atoms with Gasteiger partial charge >= 0.3 is 6.09 Å². The number of Topliss-reactive ketones (excluding diaryl/α,β-unsaturated/α-hetero) is 1. The quantitative estimate of drug-likeness (QED) is 0.762. The number of hydrogen-bond donors (Lipinski definition) is 1. The molecule has 0 aromatic carbocycles. The van der Waals surface area contributed by atoms with Crippen molar-refractivity contribution in [2.24, 2.45) is 5.92 Å². The Morgan fingerprint density at radius 2 is 2.20 bits per heavy atom. The van der Waals surface area contributed by atoms with Crippen LogP contribution < -0.4 is 5.32 Å². The zero-order chi connectivity index (χ0) is 11.5. The van der Waals surface area contributed by atoms with Gasteiger partial charge in [0.05, 0.1) is 0 Å². The summed E-state index contributed by atoms with van der Waals surface area (Å²) in [6.07, 6.45) is 2.04. The van der Waals surface area contributed by atoms with Gasteiger partial charge < -0.3 is 10.1 Å². The first-order valence-corrected chi connectivity index (χ1v) is 5.38. The lowest BCUT2D eigenvalue weighted by Gasteiger charge is -2.20. The SMILES string of the molecule is CC(C)(C)OC(=O)NC[C@H]1CCCC1=O. The molecular formula is C11H19NO3. The highest BCUT2D eigenvalue weighted by molar-refractivity contribution is 5.83. The highest BCUT2D eigenvalue weighted by atomic mass is 16.6. The van der Waals surface area contributed by atoms with Gasteiger partial charge in [-0.1, -0.05) is 0 Å². The van der Waals surface area contributed by atoms with E-state index in [9.17, 15) is 9.59 Å². The summed E-state index contributed by atoms with van der Waals surface area (Å²) >= 11 is 0. The molecule has 1 N–H and O–H groups in total. The van der Waals surface area contributed by atoms with Gasteiger partial charge in [0.1, 0.15) is 11.4 Å². The Bertz CT molecular complexity index is 255. The van der Waals surface area contributed by atoms with Gasteiger partial charge in [-0.3, -0.25) is 4.79 Å². The average Bonchev–Trinajstić information content (AvgIpc) is 2.44. The summed E-state index contributed by atoms with van der Waals surface area (Å²) in [6, 6.07) is 0. The van der Waals surface area contributed by atoms with Crippen LogP contribution in [0.5, 0.6) is 0 Å². The Morgan fingerprint density at radius 3 is 2.67 bits per heavy atom. The zero-order valence-corrected chi connectivity index (χ0v) is 9.63. The van der Waals surface area contributed by atoms with Gasteiger partial charge in [-0.2, -0.15) is 0 Å². The molecule has 0 unspecified atom stereocenters. The van der Waals surface area contributed by atoms with Gasteiger partial charge in [-0.25, -0.2) is 4.79 Å². The normalized spacial score (nSPS) is 21.5. The van der Waals surface area contributed by atoms with Crippen molar-refractivity contribution in [2.45, 2.75) is 45.6 Å². The summed E-state index contributed by atoms with van der Waals surface area (Å²) < 4.78 is 5.07. The first-order valence-electron chi connectivity index (χ1n) is 5.38. The van der Waals surface area contributed by atoms with E-state index in [1.165, 1.54) is 0 Å². The predicted molar refractivity (Wildman–Crippen MR) is 56.6 cm³/mol. The Labute approximate surface area is 90.4 Å². The van der Waals surface area contributed by atoms with Crippen LogP contribution in [0.4, 0.5) is 4.79 Å². The molecule has 0 heterocycles. The summed E-state index contributed by atoms with van der Waals surface area (Å²) in [5, 5.41) is 2.63. The highest BCUT2D eigenvalue weighted by Crippen LogP contribution is 2.20. The smallest absolute Gasteiger partial charge is 0.407 e. The molecule has 0 aliphatic heterocycles. The van der Waals surface area contributed by atoms with Crippen LogP contribution in [-0.4, -0.2) is 24.0 Å². The van der Waals surface area contributed by atoms with Crippen molar-refractivity contribution in [2.75, 3.05) is 6.54 Å². The van der Waals surface area contributed by atoms with E-state index in [1.807, 2.05) is 20.8 Å². The topological polar surface area (TPSA) is 55.4 Å². The zero-order valence-electron chi connectivity index (χ0n) is 9.63. The van der Waals surface area contributed by atoms with Crippen molar-refractivity contribution < 1.29 is 14.3 Å². The molecule has 0 spiro atoms. The third-order valence-electron chi connectivity index (χ3n) is 2.32. The van der Waals surface area contributed by atoms with Crippen molar-refractivity contribution in [1.29, 1.82) is 0 Å². The molecule has 0 bridgehead atoms.